The van der Waals surface area contributed by atoms with Crippen LogP contribution in [0.15, 0.2) is 0 Å². The SMILES string of the molecule is CC(Cl)OC(=O)OOC1CCCCC1. The lowest BCUT2D eigenvalue weighted by atomic mass is 9.98. The van der Waals surface area contributed by atoms with Gasteiger partial charge in [0.2, 0.25) is 0 Å². The highest BCUT2D eigenvalue weighted by Crippen LogP contribution is 2.20. The minimum absolute atomic E-state index is 0.0157. The van der Waals surface area contributed by atoms with Crippen LogP contribution in [-0.2, 0) is 14.5 Å². The van der Waals surface area contributed by atoms with Crippen LogP contribution in [0.4, 0.5) is 4.79 Å². The van der Waals surface area contributed by atoms with Crippen molar-refractivity contribution >= 4 is 17.8 Å². The van der Waals surface area contributed by atoms with Crippen LogP contribution < -0.4 is 0 Å². The Kier molecular flexibility index (Phi) is 5.04. The van der Waals surface area contributed by atoms with Crippen LogP contribution in [-0.4, -0.2) is 17.8 Å². The van der Waals surface area contributed by atoms with E-state index >= 15 is 0 Å². The Bertz CT molecular complexity index is 178. The molecule has 1 saturated carbocycles. The van der Waals surface area contributed by atoms with Crippen molar-refractivity contribution in [3.8, 4) is 0 Å². The van der Waals surface area contributed by atoms with Crippen molar-refractivity contribution in [1.82, 2.24) is 0 Å². The topological polar surface area (TPSA) is 44.8 Å². The summed E-state index contributed by atoms with van der Waals surface area (Å²) >= 11 is 5.42. The van der Waals surface area contributed by atoms with E-state index in [2.05, 4.69) is 9.62 Å². The van der Waals surface area contributed by atoms with E-state index in [1.54, 1.807) is 0 Å². The van der Waals surface area contributed by atoms with Crippen LogP contribution >= 0.6 is 11.6 Å². The number of hydrogen-bond acceptors (Lipinski definition) is 4. The van der Waals surface area contributed by atoms with Crippen molar-refractivity contribution in [2.24, 2.45) is 0 Å². The van der Waals surface area contributed by atoms with Gasteiger partial charge in [-0.1, -0.05) is 30.9 Å². The van der Waals surface area contributed by atoms with E-state index in [9.17, 15) is 4.79 Å². The van der Waals surface area contributed by atoms with Crippen molar-refractivity contribution in [2.45, 2.75) is 50.7 Å². The van der Waals surface area contributed by atoms with Gasteiger partial charge in [0.15, 0.2) is 5.56 Å². The fraction of sp³-hybridized carbons (Fsp3) is 0.889. The van der Waals surface area contributed by atoms with Gasteiger partial charge >= 0.3 is 6.16 Å². The summed E-state index contributed by atoms with van der Waals surface area (Å²) in [7, 11) is 0. The number of carbonyl (C=O) groups excluding carboxylic acids is 1. The fourth-order valence-corrected chi connectivity index (χ4v) is 1.49. The predicted octanol–water partition coefficient (Wildman–Crippen LogP) is 2.99. The van der Waals surface area contributed by atoms with Crippen molar-refractivity contribution in [1.29, 1.82) is 0 Å². The Morgan fingerprint density at radius 3 is 2.57 bits per heavy atom. The van der Waals surface area contributed by atoms with Gasteiger partial charge in [0.25, 0.3) is 0 Å². The van der Waals surface area contributed by atoms with Gasteiger partial charge in [-0.2, -0.15) is 4.89 Å². The average molecular weight is 223 g/mol. The summed E-state index contributed by atoms with van der Waals surface area (Å²) in [5, 5.41) is 0. The van der Waals surface area contributed by atoms with Gasteiger partial charge in [-0.3, -0.25) is 4.89 Å². The summed E-state index contributed by atoms with van der Waals surface area (Å²) in [5.41, 5.74) is -0.697. The van der Waals surface area contributed by atoms with E-state index in [4.69, 9.17) is 16.5 Å². The molecule has 4 nitrogen and oxygen atoms in total. The normalized spacial score (nSPS) is 20.1. The number of halogens is 1. The molecule has 0 saturated heterocycles. The van der Waals surface area contributed by atoms with E-state index in [0.717, 1.165) is 25.7 Å². The molecular weight excluding hydrogens is 208 g/mol. The maximum absolute atomic E-state index is 10.8. The van der Waals surface area contributed by atoms with Gasteiger partial charge in [-0.25, -0.2) is 4.79 Å². The van der Waals surface area contributed by atoms with Crippen molar-refractivity contribution in [3.05, 3.63) is 0 Å². The van der Waals surface area contributed by atoms with Gasteiger partial charge in [0, 0.05) is 0 Å². The second kappa shape index (κ2) is 6.09. The molecule has 0 aliphatic heterocycles. The molecule has 14 heavy (non-hydrogen) atoms. The smallest absolute Gasteiger partial charge is 0.413 e. The Morgan fingerprint density at radius 1 is 1.36 bits per heavy atom. The molecule has 0 bridgehead atoms. The monoisotopic (exact) mass is 222 g/mol. The van der Waals surface area contributed by atoms with Gasteiger partial charge < -0.3 is 4.74 Å². The summed E-state index contributed by atoms with van der Waals surface area (Å²) in [6.45, 7) is 1.53. The number of alkyl halides is 1. The third-order valence-electron chi connectivity index (χ3n) is 2.06. The van der Waals surface area contributed by atoms with Crippen LogP contribution in [0, 0.1) is 0 Å². The van der Waals surface area contributed by atoms with Crippen LogP contribution in [0.2, 0.25) is 0 Å². The summed E-state index contributed by atoms with van der Waals surface area (Å²) in [6, 6.07) is 0. The quantitative estimate of drug-likeness (QED) is 0.319. The lowest BCUT2D eigenvalue weighted by Gasteiger charge is -2.19. The third-order valence-corrected chi connectivity index (χ3v) is 2.15. The van der Waals surface area contributed by atoms with Crippen molar-refractivity contribution < 1.29 is 19.3 Å². The molecule has 0 aromatic heterocycles. The first-order valence-electron chi connectivity index (χ1n) is 4.86. The van der Waals surface area contributed by atoms with E-state index < -0.39 is 11.7 Å². The third kappa shape index (κ3) is 4.67. The highest BCUT2D eigenvalue weighted by atomic mass is 35.5. The number of ether oxygens (including phenoxy) is 1. The Hall–Kier alpha value is -0.480. The van der Waals surface area contributed by atoms with Crippen LogP contribution in [0.3, 0.4) is 0 Å². The maximum atomic E-state index is 10.8. The molecule has 0 amide bonds. The second-order valence-corrected chi connectivity index (χ2v) is 3.97. The van der Waals surface area contributed by atoms with Gasteiger partial charge in [-0.05, 0) is 19.8 Å². The Labute approximate surface area is 88.4 Å². The molecule has 0 aromatic rings. The highest BCUT2D eigenvalue weighted by molar-refractivity contribution is 6.19. The minimum atomic E-state index is -0.877. The zero-order valence-electron chi connectivity index (χ0n) is 8.20. The lowest BCUT2D eigenvalue weighted by Crippen LogP contribution is -2.20. The maximum Gasteiger partial charge on any atom is 0.541 e. The van der Waals surface area contributed by atoms with Crippen LogP contribution in [0.25, 0.3) is 0 Å². The largest absolute Gasteiger partial charge is 0.541 e. The number of carbonyl (C=O) groups is 1. The molecule has 0 spiro atoms. The molecule has 1 atom stereocenters. The molecule has 0 radical (unpaired) electrons. The second-order valence-electron chi connectivity index (χ2n) is 3.35. The minimum Gasteiger partial charge on any atom is -0.413 e. The summed E-state index contributed by atoms with van der Waals surface area (Å²) in [4.78, 5) is 20.2. The van der Waals surface area contributed by atoms with Gasteiger partial charge in [-0.15, -0.1) is 0 Å². The molecule has 82 valence electrons. The van der Waals surface area contributed by atoms with Gasteiger partial charge in [0.1, 0.15) is 6.10 Å². The zero-order valence-corrected chi connectivity index (χ0v) is 8.96. The standard InChI is InChI=1S/C9H15ClO4/c1-7(10)12-9(11)14-13-8-5-3-2-4-6-8/h7-8H,2-6H2,1H3. The molecule has 0 heterocycles. The molecule has 1 aliphatic carbocycles. The highest BCUT2D eigenvalue weighted by Gasteiger charge is 2.18. The average Bonchev–Trinajstić information content (AvgIpc) is 2.15. The van der Waals surface area contributed by atoms with Crippen molar-refractivity contribution in [3.63, 3.8) is 0 Å². The van der Waals surface area contributed by atoms with Crippen LogP contribution in [0.5, 0.6) is 0 Å². The first kappa shape index (κ1) is 11.6. The predicted molar refractivity (Wildman–Crippen MR) is 50.8 cm³/mol. The first-order valence-corrected chi connectivity index (χ1v) is 5.30. The fourth-order valence-electron chi connectivity index (χ4n) is 1.42. The zero-order chi connectivity index (χ0) is 10.4. The van der Waals surface area contributed by atoms with E-state index in [0.29, 0.717) is 0 Å². The van der Waals surface area contributed by atoms with E-state index in [1.165, 1.54) is 13.3 Å². The van der Waals surface area contributed by atoms with Crippen LogP contribution in [0.1, 0.15) is 39.0 Å². The van der Waals surface area contributed by atoms with E-state index in [-0.39, 0.29) is 6.10 Å². The van der Waals surface area contributed by atoms with Gasteiger partial charge in [0.05, 0.1) is 0 Å². The van der Waals surface area contributed by atoms with E-state index in [1.807, 2.05) is 0 Å². The molecule has 1 rings (SSSR count). The first-order chi connectivity index (χ1) is 6.68. The summed E-state index contributed by atoms with van der Waals surface area (Å²) in [5.74, 6) is 0. The molecule has 0 aromatic carbocycles. The molecular formula is C9H15ClO4. The number of rotatable bonds is 3. The Balaban J connectivity index is 2.09. The molecule has 5 heteroatoms. The lowest BCUT2D eigenvalue weighted by molar-refractivity contribution is -0.291. The molecule has 0 N–H and O–H groups in total. The van der Waals surface area contributed by atoms with Crippen molar-refractivity contribution in [2.75, 3.05) is 0 Å². The molecule has 1 fully saturated rings. The Morgan fingerprint density at radius 2 is 2.00 bits per heavy atom. The molecule has 1 unspecified atom stereocenters. The number of hydrogen-bond donors (Lipinski definition) is 0. The molecule has 1 aliphatic rings. The summed E-state index contributed by atoms with van der Waals surface area (Å²) in [6.07, 6.45) is 4.47. The summed E-state index contributed by atoms with van der Waals surface area (Å²) < 4.78 is 4.52.